The van der Waals surface area contributed by atoms with Gasteiger partial charge in [-0.05, 0) is 37.6 Å². The van der Waals surface area contributed by atoms with Crippen LogP contribution in [0.2, 0.25) is 0 Å². The number of rotatable bonds is 9. The maximum Gasteiger partial charge on any atom is 0.258 e. The smallest absolute Gasteiger partial charge is 0.258 e. The fraction of sp³-hybridized carbons (Fsp3) is 0.400. The summed E-state index contributed by atoms with van der Waals surface area (Å²) in [7, 11) is 0. The molecule has 0 saturated heterocycles. The summed E-state index contributed by atoms with van der Waals surface area (Å²) in [6, 6.07) is 5.62. The molecule has 3 N–H and O–H groups in total. The van der Waals surface area contributed by atoms with Crippen LogP contribution in [-0.4, -0.2) is 32.2 Å². The second-order valence-electron chi connectivity index (χ2n) is 4.13. The number of nitrogens with two attached hydrogens (primary N) is 1. The van der Waals surface area contributed by atoms with Gasteiger partial charge >= 0.3 is 0 Å². The average Bonchev–Trinajstić information content (AvgIpc) is 2.45. The fourth-order valence-electron chi connectivity index (χ4n) is 1.64. The van der Waals surface area contributed by atoms with Gasteiger partial charge < -0.3 is 20.5 Å². The highest BCUT2D eigenvalue weighted by molar-refractivity contribution is 5.77. The molecule has 1 aromatic rings. The molecule has 5 heteroatoms. The van der Waals surface area contributed by atoms with Gasteiger partial charge in [-0.25, -0.2) is 0 Å². The molecule has 0 aromatic heterocycles. The number of hydrogen-bond donors (Lipinski definition) is 2. The molecule has 0 saturated carbocycles. The first-order valence-electron chi connectivity index (χ1n) is 6.67. The Hall–Kier alpha value is -2.01. The summed E-state index contributed by atoms with van der Waals surface area (Å²) in [4.78, 5) is 11.5. The van der Waals surface area contributed by atoms with E-state index in [0.29, 0.717) is 31.2 Å². The molecular formula is C15H22N2O3. The van der Waals surface area contributed by atoms with Crippen molar-refractivity contribution in [3.05, 3.63) is 36.4 Å². The highest BCUT2D eigenvalue weighted by Crippen LogP contribution is 2.28. The molecule has 0 bridgehead atoms. The van der Waals surface area contributed by atoms with Gasteiger partial charge in [-0.1, -0.05) is 12.1 Å². The molecule has 0 fully saturated rings. The predicted octanol–water partition coefficient (Wildman–Crippen LogP) is 1.27. The lowest BCUT2D eigenvalue weighted by molar-refractivity contribution is -0.122. The number of benzene rings is 1. The molecule has 1 amide bonds. The Labute approximate surface area is 119 Å². The summed E-state index contributed by atoms with van der Waals surface area (Å²) in [5.74, 6) is 0.995. The highest BCUT2D eigenvalue weighted by Gasteiger charge is 2.08. The van der Waals surface area contributed by atoms with Crippen molar-refractivity contribution >= 4 is 5.91 Å². The predicted molar refractivity (Wildman–Crippen MR) is 79.1 cm³/mol. The van der Waals surface area contributed by atoms with Crippen LogP contribution in [0.4, 0.5) is 0 Å². The third-order valence-electron chi connectivity index (χ3n) is 2.54. The number of nitrogens with one attached hydrogen (secondary N) is 1. The van der Waals surface area contributed by atoms with Crippen molar-refractivity contribution in [2.45, 2.75) is 13.3 Å². The molecule has 5 nitrogen and oxygen atoms in total. The Morgan fingerprint density at radius 3 is 2.85 bits per heavy atom. The van der Waals surface area contributed by atoms with Crippen molar-refractivity contribution in [1.82, 2.24) is 5.32 Å². The van der Waals surface area contributed by atoms with E-state index in [-0.39, 0.29) is 12.5 Å². The van der Waals surface area contributed by atoms with Gasteiger partial charge in [0.25, 0.3) is 5.91 Å². The zero-order chi connectivity index (χ0) is 14.8. The lowest BCUT2D eigenvalue weighted by Gasteiger charge is -2.13. The van der Waals surface area contributed by atoms with Crippen molar-refractivity contribution in [3.8, 4) is 11.5 Å². The molecule has 0 aliphatic rings. The van der Waals surface area contributed by atoms with Crippen molar-refractivity contribution in [1.29, 1.82) is 0 Å². The number of carbonyl (C=O) groups excluding carboxylic acids is 1. The monoisotopic (exact) mass is 278 g/mol. The van der Waals surface area contributed by atoms with Crippen LogP contribution in [0.25, 0.3) is 0 Å². The van der Waals surface area contributed by atoms with Crippen LogP contribution in [0, 0.1) is 0 Å². The lowest BCUT2D eigenvalue weighted by Crippen LogP contribution is -2.28. The summed E-state index contributed by atoms with van der Waals surface area (Å²) in [5, 5.41) is 2.65. The first-order valence-corrected chi connectivity index (χ1v) is 6.67. The molecule has 0 radical (unpaired) electrons. The summed E-state index contributed by atoms with van der Waals surface area (Å²) in [6.45, 7) is 6.92. The Balaban J connectivity index is 2.67. The molecule has 110 valence electrons. The summed E-state index contributed by atoms with van der Waals surface area (Å²) in [5.41, 5.74) is 6.62. The second-order valence-corrected chi connectivity index (χ2v) is 4.13. The molecule has 1 aromatic carbocycles. The van der Waals surface area contributed by atoms with Gasteiger partial charge in [-0.2, -0.15) is 0 Å². The van der Waals surface area contributed by atoms with Gasteiger partial charge in [0, 0.05) is 6.54 Å². The average molecular weight is 278 g/mol. The van der Waals surface area contributed by atoms with Crippen LogP contribution in [0.15, 0.2) is 30.9 Å². The highest BCUT2D eigenvalue weighted by atomic mass is 16.5. The van der Waals surface area contributed by atoms with Crippen LogP contribution in [0.1, 0.15) is 12.5 Å². The van der Waals surface area contributed by atoms with Gasteiger partial charge in [0.15, 0.2) is 18.1 Å². The minimum Gasteiger partial charge on any atom is -0.490 e. The summed E-state index contributed by atoms with van der Waals surface area (Å²) >= 11 is 0. The zero-order valence-corrected chi connectivity index (χ0v) is 11.9. The van der Waals surface area contributed by atoms with E-state index in [2.05, 4.69) is 11.9 Å². The van der Waals surface area contributed by atoms with Crippen molar-refractivity contribution in [3.63, 3.8) is 0 Å². The number of amides is 1. The van der Waals surface area contributed by atoms with Crippen LogP contribution in [0.5, 0.6) is 11.5 Å². The van der Waals surface area contributed by atoms with Crippen LogP contribution in [0.3, 0.4) is 0 Å². The first kappa shape index (κ1) is 16.0. The first-order chi connectivity index (χ1) is 9.71. The van der Waals surface area contributed by atoms with Crippen molar-refractivity contribution in [2.75, 3.05) is 26.3 Å². The summed E-state index contributed by atoms with van der Waals surface area (Å²) < 4.78 is 11.0. The molecule has 0 aliphatic carbocycles. The van der Waals surface area contributed by atoms with E-state index in [9.17, 15) is 4.79 Å². The second kappa shape index (κ2) is 8.98. The topological polar surface area (TPSA) is 73.6 Å². The standard InChI is InChI=1S/C15H22N2O3/c1-3-9-17-15(18)11-20-13-6-5-12(7-8-16)10-14(13)19-4-2/h3,5-6,10H,1,4,7-9,11,16H2,2H3,(H,17,18). The summed E-state index contributed by atoms with van der Waals surface area (Å²) in [6.07, 6.45) is 2.39. The van der Waals surface area contributed by atoms with Gasteiger partial charge in [-0.3, -0.25) is 4.79 Å². The number of hydrogen-bond acceptors (Lipinski definition) is 4. The third kappa shape index (κ3) is 5.32. The van der Waals surface area contributed by atoms with E-state index in [1.165, 1.54) is 0 Å². The Morgan fingerprint density at radius 2 is 2.20 bits per heavy atom. The largest absolute Gasteiger partial charge is 0.490 e. The van der Waals surface area contributed by atoms with Gasteiger partial charge in [0.05, 0.1) is 6.61 Å². The van der Waals surface area contributed by atoms with Gasteiger partial charge in [0.2, 0.25) is 0 Å². The molecule has 0 aliphatic heterocycles. The minimum atomic E-state index is -0.196. The SMILES string of the molecule is C=CCNC(=O)COc1ccc(CCN)cc1OCC. The number of carbonyl (C=O) groups is 1. The van der Waals surface area contributed by atoms with E-state index in [0.717, 1.165) is 12.0 Å². The Kier molecular flexibility index (Phi) is 7.21. The maximum atomic E-state index is 11.5. The quantitative estimate of drug-likeness (QED) is 0.667. The maximum absolute atomic E-state index is 11.5. The molecule has 0 unspecified atom stereocenters. The van der Waals surface area contributed by atoms with E-state index in [1.807, 2.05) is 19.1 Å². The van der Waals surface area contributed by atoms with Crippen LogP contribution < -0.4 is 20.5 Å². The van der Waals surface area contributed by atoms with Gasteiger partial charge in [0.1, 0.15) is 0 Å². The third-order valence-corrected chi connectivity index (χ3v) is 2.54. The molecule has 0 spiro atoms. The molecule has 0 heterocycles. The van der Waals surface area contributed by atoms with Crippen molar-refractivity contribution < 1.29 is 14.3 Å². The zero-order valence-electron chi connectivity index (χ0n) is 11.9. The lowest BCUT2D eigenvalue weighted by atomic mass is 10.1. The molecular weight excluding hydrogens is 256 g/mol. The minimum absolute atomic E-state index is 0.0514. The van der Waals surface area contributed by atoms with Crippen LogP contribution in [-0.2, 0) is 11.2 Å². The molecule has 20 heavy (non-hydrogen) atoms. The van der Waals surface area contributed by atoms with E-state index >= 15 is 0 Å². The normalized spacial score (nSPS) is 9.90. The molecule has 1 rings (SSSR count). The van der Waals surface area contributed by atoms with Gasteiger partial charge in [-0.15, -0.1) is 6.58 Å². The van der Waals surface area contributed by atoms with E-state index in [4.69, 9.17) is 15.2 Å². The number of ether oxygens (including phenoxy) is 2. The van der Waals surface area contributed by atoms with E-state index in [1.54, 1.807) is 12.1 Å². The Bertz CT molecular complexity index is 447. The fourth-order valence-corrected chi connectivity index (χ4v) is 1.64. The Morgan fingerprint density at radius 1 is 1.40 bits per heavy atom. The van der Waals surface area contributed by atoms with E-state index < -0.39 is 0 Å². The molecule has 0 atom stereocenters. The van der Waals surface area contributed by atoms with Crippen molar-refractivity contribution in [2.24, 2.45) is 5.73 Å². The van der Waals surface area contributed by atoms with Crippen LogP contribution >= 0.6 is 0 Å².